The van der Waals surface area contributed by atoms with Crippen molar-refractivity contribution < 1.29 is 27.6 Å². The summed E-state index contributed by atoms with van der Waals surface area (Å²) >= 11 is 6.00. The number of benzene rings is 1. The van der Waals surface area contributed by atoms with Crippen LogP contribution in [0.1, 0.15) is 16.2 Å². The third kappa shape index (κ3) is 5.35. The van der Waals surface area contributed by atoms with Crippen LogP contribution in [-0.2, 0) is 13.6 Å². The number of aromatic nitrogens is 6. The third-order valence-electron chi connectivity index (χ3n) is 4.64. The summed E-state index contributed by atoms with van der Waals surface area (Å²) in [7, 11) is 2.85. The Morgan fingerprint density at radius 1 is 1.17 bits per heavy atom. The molecule has 3 aromatic heterocycles. The number of methoxy groups -OCH3 is 1. The zero-order valence-corrected chi connectivity index (χ0v) is 19.3. The van der Waals surface area contributed by atoms with Crippen molar-refractivity contribution >= 4 is 23.5 Å². The van der Waals surface area contributed by atoms with E-state index in [0.29, 0.717) is 0 Å². The number of urea groups is 1. The molecule has 186 valence electrons. The number of nitrogens with zero attached hydrogens (tertiary/aromatic N) is 6. The first kappa shape index (κ1) is 24.5. The second-order valence-corrected chi connectivity index (χ2v) is 7.50. The van der Waals surface area contributed by atoms with Crippen molar-refractivity contribution in [2.75, 3.05) is 7.11 Å². The van der Waals surface area contributed by atoms with E-state index < -0.39 is 23.6 Å². The highest BCUT2D eigenvalue weighted by Gasteiger charge is 2.20. The molecule has 36 heavy (non-hydrogen) atoms. The van der Waals surface area contributed by atoms with Gasteiger partial charge in [0.1, 0.15) is 11.6 Å². The van der Waals surface area contributed by atoms with E-state index in [1.165, 1.54) is 32.5 Å². The molecule has 1 aromatic carbocycles. The number of amides is 3. The molecule has 0 fully saturated rings. The lowest BCUT2D eigenvalue weighted by molar-refractivity contribution is 0.0898. The van der Waals surface area contributed by atoms with Gasteiger partial charge in [0.25, 0.3) is 5.88 Å². The van der Waals surface area contributed by atoms with Gasteiger partial charge in [0.2, 0.25) is 11.6 Å². The minimum Gasteiger partial charge on any atom is -0.479 e. The van der Waals surface area contributed by atoms with E-state index >= 15 is 0 Å². The molecule has 3 N–H and O–H groups in total. The summed E-state index contributed by atoms with van der Waals surface area (Å²) in [6, 6.07) is 3.97. The van der Waals surface area contributed by atoms with E-state index in [2.05, 4.69) is 41.7 Å². The largest absolute Gasteiger partial charge is 0.479 e. The molecule has 0 atom stereocenters. The monoisotopic (exact) mass is 519 g/mol. The Labute approximate surface area is 205 Å². The highest BCUT2D eigenvalue weighted by molar-refractivity contribution is 6.31. The van der Waals surface area contributed by atoms with Crippen molar-refractivity contribution in [3.8, 4) is 28.4 Å². The molecule has 0 aliphatic carbocycles. The molecule has 0 unspecified atom stereocenters. The lowest BCUT2D eigenvalue weighted by Gasteiger charge is -2.11. The zero-order valence-electron chi connectivity index (χ0n) is 18.5. The summed E-state index contributed by atoms with van der Waals surface area (Å²) in [5.74, 6) is -2.45. The van der Waals surface area contributed by atoms with Crippen molar-refractivity contribution in [3.63, 3.8) is 0 Å². The number of tetrazole rings is 1. The van der Waals surface area contributed by atoms with Gasteiger partial charge in [-0.15, -0.1) is 10.2 Å². The van der Waals surface area contributed by atoms with Gasteiger partial charge in [-0.1, -0.05) is 11.6 Å². The Hall–Kier alpha value is -4.66. The molecule has 4 rings (SSSR count). The fourth-order valence-corrected chi connectivity index (χ4v) is 3.21. The van der Waals surface area contributed by atoms with Crippen molar-refractivity contribution in [3.05, 3.63) is 58.6 Å². The fraction of sp³-hybridized carbons (Fsp3) is 0.150. The second-order valence-electron chi connectivity index (χ2n) is 7.06. The first-order chi connectivity index (χ1) is 17.2. The fourth-order valence-electron chi connectivity index (χ4n) is 3.00. The van der Waals surface area contributed by atoms with Crippen LogP contribution in [0.5, 0.6) is 5.88 Å². The van der Waals surface area contributed by atoms with Gasteiger partial charge in [0.15, 0.2) is 0 Å². The Bertz CT molecular complexity index is 1440. The van der Waals surface area contributed by atoms with Crippen LogP contribution in [0.15, 0.2) is 35.0 Å². The maximum Gasteiger partial charge on any atom is 0.333 e. The molecule has 0 saturated heterocycles. The number of ether oxygens (including phenoxy) is 1. The molecule has 0 radical (unpaired) electrons. The lowest BCUT2D eigenvalue weighted by Crippen LogP contribution is -2.46. The van der Waals surface area contributed by atoms with E-state index in [1.807, 2.05) is 0 Å². The van der Waals surface area contributed by atoms with Gasteiger partial charge >= 0.3 is 11.9 Å². The standard InChI is InChI=1S/C20H16ClF2N9O4/c1-32-29-18(26-31-32)17-11(4-10(21)5-13(17)23)9-3-12(22)14(24-7-9)8-25-20(34)28-27-19(33)15-6-16(35-2)30-36-15/h3-7H,8H2,1-2H3,(H,27,33)(H2,25,28,34). The van der Waals surface area contributed by atoms with Gasteiger partial charge in [-0.05, 0) is 34.1 Å². The zero-order chi connectivity index (χ0) is 25.8. The van der Waals surface area contributed by atoms with Crippen LogP contribution in [0.4, 0.5) is 13.6 Å². The number of hydrogen-bond donors (Lipinski definition) is 3. The number of pyridine rings is 1. The number of halogens is 3. The summed E-state index contributed by atoms with van der Waals surface area (Å²) in [4.78, 5) is 29.0. The number of aryl methyl sites for hydroxylation is 1. The molecule has 0 aliphatic rings. The molecular weight excluding hydrogens is 504 g/mol. The van der Waals surface area contributed by atoms with Gasteiger partial charge in [-0.25, -0.2) is 19.0 Å². The van der Waals surface area contributed by atoms with Crippen LogP contribution in [0.25, 0.3) is 22.5 Å². The van der Waals surface area contributed by atoms with Gasteiger partial charge in [-0.3, -0.25) is 15.2 Å². The molecule has 0 bridgehead atoms. The van der Waals surface area contributed by atoms with Gasteiger partial charge < -0.3 is 14.6 Å². The van der Waals surface area contributed by atoms with Crippen LogP contribution in [0.2, 0.25) is 5.02 Å². The van der Waals surface area contributed by atoms with Gasteiger partial charge in [0, 0.05) is 16.8 Å². The van der Waals surface area contributed by atoms with Crippen molar-refractivity contribution in [2.45, 2.75) is 6.54 Å². The molecule has 3 amide bonds. The molecule has 3 heterocycles. The Morgan fingerprint density at radius 3 is 2.64 bits per heavy atom. The first-order valence-corrected chi connectivity index (χ1v) is 10.4. The third-order valence-corrected chi connectivity index (χ3v) is 4.86. The predicted octanol–water partition coefficient (Wildman–Crippen LogP) is 2.01. The van der Waals surface area contributed by atoms with Crippen molar-refractivity contribution in [2.24, 2.45) is 7.05 Å². The highest BCUT2D eigenvalue weighted by atomic mass is 35.5. The molecule has 13 nitrogen and oxygen atoms in total. The van der Waals surface area contributed by atoms with Crippen LogP contribution < -0.4 is 20.9 Å². The quantitative estimate of drug-likeness (QED) is 0.323. The van der Waals surface area contributed by atoms with Crippen LogP contribution in [-0.4, -0.2) is 49.4 Å². The average Bonchev–Trinajstić information content (AvgIpc) is 3.50. The van der Waals surface area contributed by atoms with Crippen molar-refractivity contribution in [1.29, 1.82) is 0 Å². The number of carbonyl (C=O) groups is 2. The number of carbonyl (C=O) groups excluding carboxylic acids is 2. The highest BCUT2D eigenvalue weighted by Crippen LogP contribution is 2.35. The van der Waals surface area contributed by atoms with Crippen LogP contribution in [0, 0.1) is 11.6 Å². The van der Waals surface area contributed by atoms with Gasteiger partial charge in [-0.2, -0.15) is 4.80 Å². The normalized spacial score (nSPS) is 10.7. The minimum atomic E-state index is -0.854. The van der Waals surface area contributed by atoms with E-state index in [4.69, 9.17) is 20.9 Å². The number of hydrogen-bond acceptors (Lipinski definition) is 9. The summed E-state index contributed by atoms with van der Waals surface area (Å²) in [6.45, 7) is -0.327. The van der Waals surface area contributed by atoms with Gasteiger partial charge in [0.05, 0.1) is 38.0 Å². The van der Waals surface area contributed by atoms with E-state index in [9.17, 15) is 18.4 Å². The molecular formula is C20H16ClF2N9O4. The molecule has 16 heteroatoms. The Kier molecular flexibility index (Phi) is 7.00. The molecule has 0 saturated carbocycles. The maximum absolute atomic E-state index is 14.8. The number of hydrazine groups is 1. The second kappa shape index (κ2) is 10.3. The first-order valence-electron chi connectivity index (χ1n) is 9.98. The Morgan fingerprint density at radius 2 is 1.97 bits per heavy atom. The summed E-state index contributed by atoms with van der Waals surface area (Å²) in [6.07, 6.45) is 1.28. The summed E-state index contributed by atoms with van der Waals surface area (Å²) in [5, 5.41) is 17.4. The van der Waals surface area contributed by atoms with E-state index in [1.54, 1.807) is 0 Å². The molecule has 0 aliphatic heterocycles. The average molecular weight is 520 g/mol. The summed E-state index contributed by atoms with van der Waals surface area (Å²) in [5.41, 5.74) is 4.39. The molecule has 0 spiro atoms. The van der Waals surface area contributed by atoms with E-state index in [0.717, 1.165) is 16.9 Å². The van der Waals surface area contributed by atoms with Crippen LogP contribution in [0.3, 0.4) is 0 Å². The SMILES string of the molecule is COc1cc(C(=O)NNC(=O)NCc2ncc(-c3cc(Cl)cc(F)c3-c3nnn(C)n3)cc2F)on1. The maximum atomic E-state index is 14.8. The summed E-state index contributed by atoms with van der Waals surface area (Å²) < 4.78 is 39.0. The Balaban J connectivity index is 1.44. The topological polar surface area (TPSA) is 162 Å². The van der Waals surface area contributed by atoms with Crippen LogP contribution >= 0.6 is 11.6 Å². The predicted molar refractivity (Wildman–Crippen MR) is 118 cm³/mol. The minimum absolute atomic E-state index is 0.0182. The molecule has 4 aromatic rings. The smallest absolute Gasteiger partial charge is 0.333 e. The number of rotatable bonds is 6. The van der Waals surface area contributed by atoms with E-state index in [-0.39, 0.29) is 51.4 Å². The van der Waals surface area contributed by atoms with Crippen molar-refractivity contribution in [1.82, 2.24) is 46.5 Å². The number of nitrogens with one attached hydrogen (secondary N) is 3. The lowest BCUT2D eigenvalue weighted by atomic mass is 9.99.